The van der Waals surface area contributed by atoms with Gasteiger partial charge in [-0.15, -0.1) is 0 Å². The van der Waals surface area contributed by atoms with Gasteiger partial charge in [0.05, 0.1) is 23.9 Å². The maximum atomic E-state index is 11.8. The molecule has 1 aromatic rings. The van der Waals surface area contributed by atoms with E-state index < -0.39 is 11.9 Å². The summed E-state index contributed by atoms with van der Waals surface area (Å²) in [5.41, 5.74) is 1.29. The molecule has 21 heavy (non-hydrogen) atoms. The van der Waals surface area contributed by atoms with Gasteiger partial charge in [-0.3, -0.25) is 0 Å². The van der Waals surface area contributed by atoms with Gasteiger partial charge in [0.2, 0.25) is 0 Å². The second kappa shape index (κ2) is 8.32. The van der Waals surface area contributed by atoms with Crippen molar-refractivity contribution >= 4 is 29.2 Å². The number of hydrogen-bond donors (Lipinski definition) is 1. The Labute approximate surface area is 128 Å². The SMILES string of the molecule is CCOC(=O)C(=CNc1c(C)cccc1Cl)C(=O)OCC. The Hall–Kier alpha value is -2.01. The zero-order valence-corrected chi connectivity index (χ0v) is 13.0. The molecule has 0 aliphatic carbocycles. The lowest BCUT2D eigenvalue weighted by Gasteiger charge is -2.10. The summed E-state index contributed by atoms with van der Waals surface area (Å²) < 4.78 is 9.68. The maximum absolute atomic E-state index is 11.8. The molecule has 6 heteroatoms. The highest BCUT2D eigenvalue weighted by atomic mass is 35.5. The second-order valence-corrected chi connectivity index (χ2v) is 4.48. The standard InChI is InChI=1S/C15H18ClNO4/c1-4-20-14(18)11(15(19)21-5-2)9-17-13-10(3)7-6-8-12(13)16/h6-9,17H,4-5H2,1-3H3. The Morgan fingerprint density at radius 2 is 1.76 bits per heavy atom. The Kier molecular flexibility index (Phi) is 6.75. The number of halogens is 1. The van der Waals surface area contributed by atoms with Gasteiger partial charge in [0.15, 0.2) is 5.57 Å². The molecule has 0 saturated heterocycles. The number of anilines is 1. The highest BCUT2D eigenvalue weighted by molar-refractivity contribution is 6.33. The Morgan fingerprint density at radius 3 is 2.24 bits per heavy atom. The normalized spacial score (nSPS) is 9.71. The number of carbonyl (C=O) groups excluding carboxylic acids is 2. The van der Waals surface area contributed by atoms with Crippen LogP contribution in [0.25, 0.3) is 0 Å². The van der Waals surface area contributed by atoms with E-state index in [4.69, 9.17) is 21.1 Å². The summed E-state index contributed by atoms with van der Waals surface area (Å²) >= 11 is 6.07. The van der Waals surface area contributed by atoms with Gasteiger partial charge >= 0.3 is 11.9 Å². The fourth-order valence-electron chi connectivity index (χ4n) is 1.58. The van der Waals surface area contributed by atoms with Crippen molar-refractivity contribution in [3.05, 3.63) is 40.6 Å². The lowest BCUT2D eigenvalue weighted by Crippen LogP contribution is -2.19. The Balaban J connectivity index is 3.02. The van der Waals surface area contributed by atoms with Crippen molar-refractivity contribution in [3.8, 4) is 0 Å². The molecule has 0 bridgehead atoms. The van der Waals surface area contributed by atoms with E-state index in [1.807, 2.05) is 19.1 Å². The van der Waals surface area contributed by atoms with Crippen LogP contribution in [0.1, 0.15) is 19.4 Å². The highest BCUT2D eigenvalue weighted by Gasteiger charge is 2.21. The molecule has 0 fully saturated rings. The van der Waals surface area contributed by atoms with Gasteiger partial charge in [-0.25, -0.2) is 9.59 Å². The fourth-order valence-corrected chi connectivity index (χ4v) is 1.85. The summed E-state index contributed by atoms with van der Waals surface area (Å²) in [5, 5.41) is 3.35. The number of benzene rings is 1. The minimum Gasteiger partial charge on any atom is -0.462 e. The zero-order chi connectivity index (χ0) is 15.8. The summed E-state index contributed by atoms with van der Waals surface area (Å²) in [6, 6.07) is 5.37. The van der Waals surface area contributed by atoms with Gasteiger partial charge < -0.3 is 14.8 Å². The summed E-state index contributed by atoms with van der Waals surface area (Å²) in [7, 11) is 0. The molecule has 0 aromatic heterocycles. The third-order valence-corrected chi connectivity index (χ3v) is 2.89. The lowest BCUT2D eigenvalue weighted by atomic mass is 10.2. The van der Waals surface area contributed by atoms with Gasteiger partial charge in [-0.05, 0) is 32.4 Å². The quantitative estimate of drug-likeness (QED) is 0.378. The van der Waals surface area contributed by atoms with E-state index in [2.05, 4.69) is 5.32 Å². The molecule has 114 valence electrons. The predicted octanol–water partition coefficient (Wildman–Crippen LogP) is 3.07. The van der Waals surface area contributed by atoms with Crippen LogP contribution < -0.4 is 5.32 Å². The number of carbonyl (C=O) groups is 2. The predicted molar refractivity (Wildman–Crippen MR) is 81.2 cm³/mol. The van der Waals surface area contributed by atoms with Crippen LogP contribution in [0.4, 0.5) is 5.69 Å². The third kappa shape index (κ3) is 4.79. The molecule has 0 amide bonds. The molecule has 1 aromatic carbocycles. The number of hydrogen-bond acceptors (Lipinski definition) is 5. The van der Waals surface area contributed by atoms with Gasteiger partial charge in [-0.1, -0.05) is 23.7 Å². The molecule has 0 aliphatic rings. The van der Waals surface area contributed by atoms with Crippen LogP contribution in [0.2, 0.25) is 5.02 Å². The van der Waals surface area contributed by atoms with E-state index in [9.17, 15) is 9.59 Å². The number of aryl methyl sites for hydroxylation is 1. The topological polar surface area (TPSA) is 64.6 Å². The highest BCUT2D eigenvalue weighted by Crippen LogP contribution is 2.25. The first-order valence-corrected chi connectivity index (χ1v) is 6.95. The Morgan fingerprint density at radius 1 is 1.19 bits per heavy atom. The summed E-state index contributed by atoms with van der Waals surface area (Å²) in [4.78, 5) is 23.6. The average molecular weight is 312 g/mol. The first-order valence-electron chi connectivity index (χ1n) is 6.57. The summed E-state index contributed by atoms with van der Waals surface area (Å²) in [6.07, 6.45) is 1.25. The largest absolute Gasteiger partial charge is 0.462 e. The van der Waals surface area contributed by atoms with Crippen molar-refractivity contribution in [2.75, 3.05) is 18.5 Å². The van der Waals surface area contributed by atoms with Gasteiger partial charge in [0.1, 0.15) is 0 Å². The van der Waals surface area contributed by atoms with Gasteiger partial charge in [0, 0.05) is 6.20 Å². The van der Waals surface area contributed by atoms with Gasteiger partial charge in [0.25, 0.3) is 0 Å². The lowest BCUT2D eigenvalue weighted by molar-refractivity contribution is -0.146. The smallest absolute Gasteiger partial charge is 0.347 e. The summed E-state index contributed by atoms with van der Waals surface area (Å²) in [6.45, 7) is 5.51. The van der Waals surface area contributed by atoms with Crippen LogP contribution in [0.5, 0.6) is 0 Å². The molecule has 0 spiro atoms. The maximum Gasteiger partial charge on any atom is 0.347 e. The van der Waals surface area contributed by atoms with Crippen molar-refractivity contribution in [1.82, 2.24) is 0 Å². The molecule has 0 heterocycles. The minimum atomic E-state index is -0.742. The number of nitrogens with one attached hydrogen (secondary N) is 1. The molecule has 5 nitrogen and oxygen atoms in total. The molecule has 0 saturated carbocycles. The van der Waals surface area contributed by atoms with Crippen molar-refractivity contribution in [1.29, 1.82) is 0 Å². The van der Waals surface area contributed by atoms with E-state index >= 15 is 0 Å². The zero-order valence-electron chi connectivity index (χ0n) is 12.2. The number of para-hydroxylation sites is 1. The monoisotopic (exact) mass is 311 g/mol. The molecule has 0 atom stereocenters. The van der Waals surface area contributed by atoms with E-state index in [1.165, 1.54) is 6.20 Å². The van der Waals surface area contributed by atoms with E-state index in [0.29, 0.717) is 10.7 Å². The van der Waals surface area contributed by atoms with Crippen LogP contribution in [0.3, 0.4) is 0 Å². The molecule has 0 radical (unpaired) electrons. The van der Waals surface area contributed by atoms with Crippen molar-refractivity contribution in [2.24, 2.45) is 0 Å². The first kappa shape index (κ1) is 17.0. The van der Waals surface area contributed by atoms with E-state index in [0.717, 1.165) is 5.56 Å². The van der Waals surface area contributed by atoms with E-state index in [1.54, 1.807) is 19.9 Å². The molecule has 0 unspecified atom stereocenters. The number of ether oxygens (including phenoxy) is 2. The molecule has 1 N–H and O–H groups in total. The van der Waals surface area contributed by atoms with Crippen molar-refractivity contribution < 1.29 is 19.1 Å². The molecular weight excluding hydrogens is 294 g/mol. The van der Waals surface area contributed by atoms with Crippen LogP contribution in [0.15, 0.2) is 30.0 Å². The summed E-state index contributed by atoms with van der Waals surface area (Å²) in [5.74, 6) is -1.48. The minimum absolute atomic E-state index is 0.167. The van der Waals surface area contributed by atoms with Gasteiger partial charge in [-0.2, -0.15) is 0 Å². The second-order valence-electron chi connectivity index (χ2n) is 4.08. The Bertz CT molecular complexity index is 514. The number of rotatable bonds is 6. The molecule has 1 rings (SSSR count). The van der Waals surface area contributed by atoms with Crippen molar-refractivity contribution in [3.63, 3.8) is 0 Å². The molecule has 0 aliphatic heterocycles. The van der Waals surface area contributed by atoms with E-state index in [-0.39, 0.29) is 18.8 Å². The van der Waals surface area contributed by atoms with Crippen LogP contribution in [0, 0.1) is 6.92 Å². The van der Waals surface area contributed by atoms with Crippen LogP contribution in [-0.2, 0) is 19.1 Å². The fraction of sp³-hybridized carbons (Fsp3) is 0.333. The number of esters is 2. The average Bonchev–Trinajstić information content (AvgIpc) is 2.42. The van der Waals surface area contributed by atoms with Crippen molar-refractivity contribution in [2.45, 2.75) is 20.8 Å². The van der Waals surface area contributed by atoms with Crippen LogP contribution >= 0.6 is 11.6 Å². The molecular formula is C15H18ClNO4. The van der Waals surface area contributed by atoms with Crippen LogP contribution in [-0.4, -0.2) is 25.2 Å². The first-order chi connectivity index (χ1) is 10.0. The third-order valence-electron chi connectivity index (χ3n) is 2.57.